The van der Waals surface area contributed by atoms with E-state index in [2.05, 4.69) is 56.9 Å². The van der Waals surface area contributed by atoms with E-state index in [0.717, 1.165) is 30.2 Å². The van der Waals surface area contributed by atoms with E-state index in [4.69, 9.17) is 9.73 Å². The molecule has 0 aliphatic carbocycles. The van der Waals surface area contributed by atoms with E-state index in [9.17, 15) is 4.79 Å². The summed E-state index contributed by atoms with van der Waals surface area (Å²) < 4.78 is 5.12. The number of nitrogens with one attached hydrogen (secondary N) is 2. The number of aliphatic imine (C=N–C) groups is 1. The summed E-state index contributed by atoms with van der Waals surface area (Å²) in [6.45, 7) is 11.3. The normalized spacial score (nSPS) is 14.6. The zero-order valence-electron chi connectivity index (χ0n) is 18.6. The summed E-state index contributed by atoms with van der Waals surface area (Å²) in [6, 6.07) is 8.42. The van der Waals surface area contributed by atoms with Crippen molar-refractivity contribution >= 4 is 29.0 Å². The van der Waals surface area contributed by atoms with Gasteiger partial charge in [0.25, 0.3) is 0 Å². The average molecular weight is 442 g/mol. The number of rotatable bonds is 8. The Morgan fingerprint density at radius 2 is 2.10 bits per heavy atom. The number of benzene rings is 1. The first-order valence-electron chi connectivity index (χ1n) is 10.7. The molecule has 2 aromatic rings. The van der Waals surface area contributed by atoms with E-state index in [1.165, 1.54) is 17.0 Å². The molecule has 1 aromatic carbocycles. The van der Waals surface area contributed by atoms with Crippen LogP contribution < -0.4 is 15.5 Å². The van der Waals surface area contributed by atoms with E-state index in [1.807, 2.05) is 20.8 Å². The van der Waals surface area contributed by atoms with Gasteiger partial charge in [-0.15, -0.1) is 11.3 Å². The zero-order valence-corrected chi connectivity index (χ0v) is 19.5. The molecule has 2 heterocycles. The highest BCUT2D eigenvalue weighted by Crippen LogP contribution is 2.24. The summed E-state index contributed by atoms with van der Waals surface area (Å²) in [6.07, 6.45) is 4.38. The summed E-state index contributed by atoms with van der Waals surface area (Å²) >= 11 is 1.36. The van der Waals surface area contributed by atoms with Gasteiger partial charge in [-0.2, -0.15) is 0 Å². The van der Waals surface area contributed by atoms with E-state index >= 15 is 0 Å². The number of aryl methyl sites for hydroxylation is 1. The Morgan fingerprint density at radius 3 is 2.81 bits per heavy atom. The van der Waals surface area contributed by atoms with Crippen molar-refractivity contribution in [3.05, 3.63) is 57.6 Å². The first-order valence-corrected chi connectivity index (χ1v) is 11.5. The van der Waals surface area contributed by atoms with Crippen LogP contribution in [0.2, 0.25) is 0 Å². The Morgan fingerprint density at radius 1 is 1.32 bits per heavy atom. The molecule has 166 valence electrons. The fourth-order valence-electron chi connectivity index (χ4n) is 3.29. The molecule has 0 amide bonds. The first kappa shape index (κ1) is 22.8. The van der Waals surface area contributed by atoms with E-state index in [1.54, 1.807) is 6.92 Å². The minimum absolute atomic E-state index is 0.0910. The number of hydrogen-bond acceptors (Lipinski definition) is 6. The molecule has 31 heavy (non-hydrogen) atoms. The standard InChI is InChI=1S/C23H31N5O2S/c1-5-24-23(25-15-18-10-9-11-19(14-18)28-12-7-8-13-28)27-17(4)21-26-16(3)20(31-21)22(29)30-6-2/h7-11,14,17H,5-6,12-13,15H2,1-4H3,(H2,24,25,27). The first-order chi connectivity index (χ1) is 15.0. The molecule has 7 nitrogen and oxygen atoms in total. The van der Waals surface area contributed by atoms with Crippen LogP contribution in [0, 0.1) is 6.92 Å². The van der Waals surface area contributed by atoms with Crippen LogP contribution in [0.4, 0.5) is 5.69 Å². The maximum Gasteiger partial charge on any atom is 0.350 e. The van der Waals surface area contributed by atoms with E-state index < -0.39 is 0 Å². The number of hydrogen-bond donors (Lipinski definition) is 2. The van der Waals surface area contributed by atoms with Crippen LogP contribution in [0.5, 0.6) is 0 Å². The molecule has 3 rings (SSSR count). The fourth-order valence-corrected chi connectivity index (χ4v) is 4.25. The summed E-state index contributed by atoms with van der Waals surface area (Å²) in [5.41, 5.74) is 3.07. The maximum atomic E-state index is 12.1. The lowest BCUT2D eigenvalue weighted by molar-refractivity contribution is 0.0531. The highest BCUT2D eigenvalue weighted by Gasteiger charge is 2.20. The van der Waals surface area contributed by atoms with Gasteiger partial charge in [0, 0.05) is 25.3 Å². The maximum absolute atomic E-state index is 12.1. The summed E-state index contributed by atoms with van der Waals surface area (Å²) in [5, 5.41) is 7.52. The van der Waals surface area contributed by atoms with Crippen molar-refractivity contribution in [3.8, 4) is 0 Å². The van der Waals surface area contributed by atoms with Crippen LogP contribution in [-0.2, 0) is 11.3 Å². The number of aromatic nitrogens is 1. The van der Waals surface area contributed by atoms with Crippen LogP contribution in [0.3, 0.4) is 0 Å². The van der Waals surface area contributed by atoms with Crippen LogP contribution in [0.25, 0.3) is 0 Å². The van der Waals surface area contributed by atoms with Gasteiger partial charge in [0.05, 0.1) is 24.9 Å². The fraction of sp³-hybridized carbons (Fsp3) is 0.435. The number of nitrogens with zero attached hydrogens (tertiary/aromatic N) is 3. The Balaban J connectivity index is 1.68. The van der Waals surface area contributed by atoms with Crippen LogP contribution >= 0.6 is 11.3 Å². The number of thiazole rings is 1. The molecule has 1 atom stereocenters. The zero-order chi connectivity index (χ0) is 22.2. The van der Waals surface area contributed by atoms with Crippen molar-refractivity contribution in [2.24, 2.45) is 4.99 Å². The smallest absolute Gasteiger partial charge is 0.350 e. The van der Waals surface area contributed by atoms with Gasteiger partial charge >= 0.3 is 5.97 Å². The lowest BCUT2D eigenvalue weighted by atomic mass is 10.2. The molecule has 0 saturated carbocycles. The van der Waals surface area contributed by atoms with Crippen molar-refractivity contribution in [2.75, 3.05) is 31.1 Å². The number of ether oxygens (including phenoxy) is 1. The van der Waals surface area contributed by atoms with Gasteiger partial charge in [0.15, 0.2) is 5.96 Å². The lowest BCUT2D eigenvalue weighted by Gasteiger charge is -2.18. The van der Waals surface area contributed by atoms with Crippen molar-refractivity contribution < 1.29 is 9.53 Å². The van der Waals surface area contributed by atoms with E-state index in [0.29, 0.717) is 29.7 Å². The SMILES string of the molecule is CCNC(=NCc1cccc(N2CC=CC2)c1)NC(C)c1nc(C)c(C(=O)OCC)s1. The van der Waals surface area contributed by atoms with Crippen molar-refractivity contribution in [1.29, 1.82) is 0 Å². The monoisotopic (exact) mass is 441 g/mol. The van der Waals surface area contributed by atoms with Gasteiger partial charge in [0.1, 0.15) is 9.88 Å². The van der Waals surface area contributed by atoms with Gasteiger partial charge in [-0.05, 0) is 45.4 Å². The second-order valence-electron chi connectivity index (χ2n) is 7.29. The number of carbonyl (C=O) groups excluding carboxylic acids is 1. The molecule has 1 unspecified atom stereocenters. The topological polar surface area (TPSA) is 78.9 Å². The number of carbonyl (C=O) groups is 1. The molecule has 0 fully saturated rings. The Hall–Kier alpha value is -2.87. The molecule has 1 aromatic heterocycles. The van der Waals surface area contributed by atoms with Crippen molar-refractivity contribution in [1.82, 2.24) is 15.6 Å². The third-order valence-corrected chi connectivity index (χ3v) is 6.18. The summed E-state index contributed by atoms with van der Waals surface area (Å²) in [5.74, 6) is 0.401. The van der Waals surface area contributed by atoms with Gasteiger partial charge in [-0.25, -0.2) is 14.8 Å². The van der Waals surface area contributed by atoms with Gasteiger partial charge in [0.2, 0.25) is 0 Å². The second-order valence-corrected chi connectivity index (χ2v) is 8.33. The Bertz CT molecular complexity index is 945. The number of guanidine groups is 1. The van der Waals surface area contributed by atoms with Crippen molar-refractivity contribution in [3.63, 3.8) is 0 Å². The van der Waals surface area contributed by atoms with Crippen LogP contribution in [0.15, 0.2) is 41.4 Å². The second kappa shape index (κ2) is 10.9. The average Bonchev–Trinajstić information content (AvgIpc) is 3.43. The molecule has 0 radical (unpaired) electrons. The van der Waals surface area contributed by atoms with Gasteiger partial charge in [-0.3, -0.25) is 0 Å². The van der Waals surface area contributed by atoms with Gasteiger partial charge in [-0.1, -0.05) is 24.3 Å². The van der Waals surface area contributed by atoms with Crippen LogP contribution in [-0.4, -0.2) is 43.2 Å². The summed E-state index contributed by atoms with van der Waals surface area (Å²) in [7, 11) is 0. The highest BCUT2D eigenvalue weighted by atomic mass is 32.1. The molecule has 0 bridgehead atoms. The largest absolute Gasteiger partial charge is 0.462 e. The number of esters is 1. The van der Waals surface area contributed by atoms with E-state index in [-0.39, 0.29) is 12.0 Å². The molecule has 0 saturated heterocycles. The molecular weight excluding hydrogens is 410 g/mol. The Kier molecular flexibility index (Phi) is 8.06. The lowest BCUT2D eigenvalue weighted by Crippen LogP contribution is -2.38. The molecule has 0 spiro atoms. The van der Waals surface area contributed by atoms with Crippen molar-refractivity contribution in [2.45, 2.75) is 40.3 Å². The predicted molar refractivity (Wildman–Crippen MR) is 127 cm³/mol. The minimum Gasteiger partial charge on any atom is -0.462 e. The number of anilines is 1. The van der Waals surface area contributed by atoms with Gasteiger partial charge < -0.3 is 20.3 Å². The quantitative estimate of drug-likeness (QED) is 0.281. The third-order valence-electron chi connectivity index (χ3n) is 4.86. The molecule has 8 heteroatoms. The molecule has 1 aliphatic heterocycles. The Labute approximate surface area is 188 Å². The third kappa shape index (κ3) is 6.07. The molecular formula is C23H31N5O2S. The molecule has 2 N–H and O–H groups in total. The molecule has 1 aliphatic rings. The minimum atomic E-state index is -0.315. The predicted octanol–water partition coefficient (Wildman–Crippen LogP) is 3.82. The van der Waals surface area contributed by atoms with Crippen LogP contribution in [0.1, 0.15) is 52.7 Å². The summed E-state index contributed by atoms with van der Waals surface area (Å²) in [4.78, 5) is 24.3. The highest BCUT2D eigenvalue weighted by molar-refractivity contribution is 7.13.